The van der Waals surface area contributed by atoms with Crippen LogP contribution in [-0.2, 0) is 13.7 Å². The van der Waals surface area contributed by atoms with Gasteiger partial charge in [0.1, 0.15) is 12.4 Å². The van der Waals surface area contributed by atoms with Crippen molar-refractivity contribution < 1.29 is 4.57 Å². The Morgan fingerprint density at radius 1 is 1.42 bits per heavy atom. The summed E-state index contributed by atoms with van der Waals surface area (Å²) < 4.78 is 5.94. The van der Waals surface area contributed by atoms with Gasteiger partial charge in [-0.1, -0.05) is 0 Å². The summed E-state index contributed by atoms with van der Waals surface area (Å²) in [6.45, 7) is 0.772. The minimum atomic E-state index is 0.772. The fourth-order valence-corrected chi connectivity index (χ4v) is 1.14. The molecule has 2 rings (SSSR count). The van der Waals surface area contributed by atoms with Crippen molar-refractivity contribution >= 4 is 0 Å². The molecule has 0 atom stereocenters. The summed E-state index contributed by atoms with van der Waals surface area (Å²) in [4.78, 5) is 0. The highest BCUT2D eigenvalue weighted by Gasteiger charge is 1.99. The number of hydrogen-bond acceptors (Lipinski definition) is 1. The van der Waals surface area contributed by atoms with Crippen molar-refractivity contribution in [2.45, 2.75) is 6.67 Å². The molecule has 2 aromatic rings. The molecule has 0 N–H and O–H groups in total. The van der Waals surface area contributed by atoms with Crippen LogP contribution in [0.1, 0.15) is 0 Å². The van der Waals surface area contributed by atoms with Crippen LogP contribution in [0.4, 0.5) is 0 Å². The Morgan fingerprint density at radius 3 is 2.92 bits per heavy atom. The highest BCUT2D eigenvalue weighted by molar-refractivity contribution is 4.78. The second-order valence-corrected chi connectivity index (χ2v) is 2.78. The molecule has 0 aliphatic rings. The van der Waals surface area contributed by atoms with Gasteiger partial charge in [0.25, 0.3) is 0 Å². The van der Waals surface area contributed by atoms with Crippen LogP contribution in [0.25, 0.3) is 0 Å². The molecule has 0 aliphatic carbocycles. The lowest BCUT2D eigenvalue weighted by atomic mass is 10.7. The van der Waals surface area contributed by atoms with Crippen LogP contribution in [0.15, 0.2) is 37.2 Å². The average molecular weight is 163 g/mol. The van der Waals surface area contributed by atoms with Gasteiger partial charge in [-0.25, -0.2) is 13.8 Å². The second kappa shape index (κ2) is 2.81. The first kappa shape index (κ1) is 7.09. The minimum Gasteiger partial charge on any atom is -0.239 e. The molecule has 2 heterocycles. The molecule has 0 saturated heterocycles. The summed E-state index contributed by atoms with van der Waals surface area (Å²) in [6.07, 6.45) is 9.76. The predicted octanol–water partition coefficient (Wildman–Crippen LogP) is 0.0149. The summed E-state index contributed by atoms with van der Waals surface area (Å²) in [5, 5.41) is 4.11. The Kier molecular flexibility index (Phi) is 1.66. The number of imidazole rings is 1. The molecule has 0 aliphatic heterocycles. The Bertz CT molecular complexity index is 347. The van der Waals surface area contributed by atoms with Crippen molar-refractivity contribution in [3.8, 4) is 0 Å². The van der Waals surface area contributed by atoms with Gasteiger partial charge in [0.15, 0.2) is 6.67 Å². The van der Waals surface area contributed by atoms with E-state index >= 15 is 0 Å². The first-order valence-corrected chi connectivity index (χ1v) is 3.83. The van der Waals surface area contributed by atoms with Crippen molar-refractivity contribution in [1.82, 2.24) is 14.3 Å². The lowest BCUT2D eigenvalue weighted by Gasteiger charge is -1.94. The molecule has 0 saturated carbocycles. The van der Waals surface area contributed by atoms with E-state index in [1.54, 1.807) is 6.20 Å². The van der Waals surface area contributed by atoms with Crippen LogP contribution in [-0.4, -0.2) is 14.3 Å². The lowest BCUT2D eigenvalue weighted by molar-refractivity contribution is -0.671. The van der Waals surface area contributed by atoms with Crippen molar-refractivity contribution in [3.63, 3.8) is 0 Å². The zero-order chi connectivity index (χ0) is 8.39. The number of nitrogens with zero attached hydrogens (tertiary/aromatic N) is 4. The van der Waals surface area contributed by atoms with Crippen LogP contribution in [0, 0.1) is 0 Å². The zero-order valence-corrected chi connectivity index (χ0v) is 6.96. The van der Waals surface area contributed by atoms with Crippen LogP contribution < -0.4 is 4.57 Å². The molecule has 2 aromatic heterocycles. The molecule has 62 valence electrons. The normalized spacial score (nSPS) is 10.4. The van der Waals surface area contributed by atoms with Gasteiger partial charge in [-0.3, -0.25) is 0 Å². The van der Waals surface area contributed by atoms with Crippen LogP contribution in [0.3, 0.4) is 0 Å². The number of rotatable bonds is 2. The quantitative estimate of drug-likeness (QED) is 0.573. The molecule has 4 nitrogen and oxygen atoms in total. The Morgan fingerprint density at radius 2 is 2.33 bits per heavy atom. The molecule has 0 unspecified atom stereocenters. The van der Waals surface area contributed by atoms with Crippen molar-refractivity contribution in [1.29, 1.82) is 0 Å². The summed E-state index contributed by atoms with van der Waals surface area (Å²) in [5.74, 6) is 0. The lowest BCUT2D eigenvalue weighted by Crippen LogP contribution is -2.24. The molecule has 0 fully saturated rings. The Balaban J connectivity index is 2.14. The van der Waals surface area contributed by atoms with E-state index in [4.69, 9.17) is 0 Å². The standard InChI is InChI=1S/C8H11N4/c1-10-5-6-11(7-10)8-12-4-2-3-9-12/h2-7H,8H2,1H3/q+1. The highest BCUT2D eigenvalue weighted by Crippen LogP contribution is 1.87. The number of hydrogen-bond donors (Lipinski definition) is 0. The van der Waals surface area contributed by atoms with Crippen LogP contribution in [0.5, 0.6) is 0 Å². The van der Waals surface area contributed by atoms with Gasteiger partial charge in [-0.05, 0) is 6.07 Å². The van der Waals surface area contributed by atoms with Crippen molar-refractivity contribution in [3.05, 3.63) is 37.2 Å². The van der Waals surface area contributed by atoms with E-state index in [9.17, 15) is 0 Å². The van der Waals surface area contributed by atoms with Crippen molar-refractivity contribution in [2.75, 3.05) is 0 Å². The zero-order valence-electron chi connectivity index (χ0n) is 6.96. The summed E-state index contributed by atoms with van der Waals surface area (Å²) >= 11 is 0. The van der Waals surface area contributed by atoms with E-state index in [0.717, 1.165) is 6.67 Å². The third-order valence-corrected chi connectivity index (χ3v) is 1.69. The maximum Gasteiger partial charge on any atom is 0.245 e. The predicted molar refractivity (Wildman–Crippen MR) is 43.2 cm³/mol. The fraction of sp³-hybridized carbons (Fsp3) is 0.250. The molecule has 0 spiro atoms. The topological polar surface area (TPSA) is 26.6 Å². The largest absolute Gasteiger partial charge is 0.245 e. The molecule has 0 radical (unpaired) electrons. The van der Waals surface area contributed by atoms with E-state index in [1.807, 2.05) is 47.3 Å². The Hall–Kier alpha value is -1.58. The van der Waals surface area contributed by atoms with Gasteiger partial charge in [0.2, 0.25) is 6.33 Å². The monoisotopic (exact) mass is 163 g/mol. The summed E-state index contributed by atoms with van der Waals surface area (Å²) in [7, 11) is 2.00. The first-order valence-electron chi connectivity index (χ1n) is 3.83. The smallest absolute Gasteiger partial charge is 0.239 e. The SMILES string of the molecule is C[n+]1ccn(Cn2cccn2)c1. The van der Waals surface area contributed by atoms with Gasteiger partial charge in [0, 0.05) is 12.4 Å². The summed E-state index contributed by atoms with van der Waals surface area (Å²) in [5.41, 5.74) is 0. The third-order valence-electron chi connectivity index (χ3n) is 1.69. The van der Waals surface area contributed by atoms with Gasteiger partial charge in [0.05, 0.1) is 7.05 Å². The molecule has 0 aromatic carbocycles. The first-order chi connectivity index (χ1) is 5.84. The highest BCUT2D eigenvalue weighted by atomic mass is 15.3. The van der Waals surface area contributed by atoms with Gasteiger partial charge < -0.3 is 0 Å². The molecule has 0 amide bonds. The fourth-order valence-electron chi connectivity index (χ4n) is 1.14. The second-order valence-electron chi connectivity index (χ2n) is 2.78. The van der Waals surface area contributed by atoms with E-state index in [1.165, 1.54) is 0 Å². The Labute approximate surface area is 70.7 Å². The van der Waals surface area contributed by atoms with Gasteiger partial charge in [-0.2, -0.15) is 5.10 Å². The van der Waals surface area contributed by atoms with E-state index < -0.39 is 0 Å². The maximum absolute atomic E-state index is 4.11. The van der Waals surface area contributed by atoms with Crippen LogP contribution >= 0.6 is 0 Å². The van der Waals surface area contributed by atoms with Gasteiger partial charge >= 0.3 is 0 Å². The molecule has 0 bridgehead atoms. The summed E-state index contributed by atoms with van der Waals surface area (Å²) in [6, 6.07) is 1.92. The third kappa shape index (κ3) is 1.37. The van der Waals surface area contributed by atoms with Crippen LogP contribution in [0.2, 0.25) is 0 Å². The van der Waals surface area contributed by atoms with E-state index in [-0.39, 0.29) is 0 Å². The molecule has 4 heteroatoms. The van der Waals surface area contributed by atoms with E-state index in [2.05, 4.69) is 9.67 Å². The van der Waals surface area contributed by atoms with Crippen molar-refractivity contribution in [2.24, 2.45) is 7.05 Å². The van der Waals surface area contributed by atoms with E-state index in [0.29, 0.717) is 0 Å². The maximum atomic E-state index is 4.11. The average Bonchev–Trinajstić information content (AvgIpc) is 2.63. The molecular weight excluding hydrogens is 152 g/mol. The molecular formula is C8H11N4+. The van der Waals surface area contributed by atoms with Gasteiger partial charge in [-0.15, -0.1) is 0 Å². The number of aryl methyl sites for hydroxylation is 1. The minimum absolute atomic E-state index is 0.772. The number of aromatic nitrogens is 4. The molecule has 12 heavy (non-hydrogen) atoms.